The van der Waals surface area contributed by atoms with E-state index in [0.29, 0.717) is 13.0 Å². The molecule has 0 bridgehead atoms. The zero-order valence-electron chi connectivity index (χ0n) is 16.7. The number of likely N-dealkylation sites (tertiary alicyclic amines) is 1. The average molecular weight is 489 g/mol. The van der Waals surface area contributed by atoms with Crippen molar-refractivity contribution in [1.82, 2.24) is 10.2 Å². The van der Waals surface area contributed by atoms with Crippen molar-refractivity contribution in [3.63, 3.8) is 0 Å². The smallest absolute Gasteiger partial charge is 0.409 e. The van der Waals surface area contributed by atoms with Crippen LogP contribution in [0.1, 0.15) is 47.0 Å². The lowest BCUT2D eigenvalue weighted by Crippen LogP contribution is -2.49. The topological polar surface area (TPSA) is 82.0 Å². The molecule has 6 nitrogen and oxygen atoms in total. The molecule has 3 N–H and O–H groups in total. The molecule has 0 aromatic carbocycles. The Labute approximate surface area is 204 Å². The first kappa shape index (κ1) is 39.2. The zero-order valence-corrected chi connectivity index (χ0v) is 20.7. The van der Waals surface area contributed by atoms with Crippen LogP contribution in [-0.4, -0.2) is 64.7 Å². The summed E-state index contributed by atoms with van der Waals surface area (Å²) in [6.45, 7) is 4.78. The molecule has 2 saturated heterocycles. The van der Waals surface area contributed by atoms with Gasteiger partial charge < -0.3 is 25.2 Å². The molecule has 0 aromatic rings. The summed E-state index contributed by atoms with van der Waals surface area (Å²) in [5.41, 5.74) is -2.23. The number of aliphatic hydroxyl groups is 2. The Morgan fingerprint density at radius 1 is 1.07 bits per heavy atom. The highest BCUT2D eigenvalue weighted by Gasteiger charge is 2.40. The normalized spacial score (nSPS) is 22.9. The Morgan fingerprint density at radius 2 is 1.59 bits per heavy atom. The monoisotopic (exact) mass is 488 g/mol. The fourth-order valence-corrected chi connectivity index (χ4v) is 3.05. The van der Waals surface area contributed by atoms with Crippen LogP contribution in [0.4, 0.5) is 4.79 Å². The molecule has 2 aliphatic heterocycles. The van der Waals surface area contributed by atoms with Crippen LogP contribution in [0.25, 0.3) is 0 Å². The molecule has 0 saturated carbocycles. The Balaban J connectivity index is -0.000000117. The van der Waals surface area contributed by atoms with Crippen molar-refractivity contribution in [2.75, 3.05) is 20.2 Å². The summed E-state index contributed by atoms with van der Waals surface area (Å²) in [5, 5.41) is 22.5. The first-order valence-electron chi connectivity index (χ1n) is 8.18. The molecule has 2 heterocycles. The van der Waals surface area contributed by atoms with Gasteiger partial charge in [0.2, 0.25) is 0 Å². The molecule has 174 valence electrons. The number of terminal acetylenes is 2. The Bertz CT molecular complexity index is 527. The van der Waals surface area contributed by atoms with Crippen molar-refractivity contribution in [1.29, 1.82) is 0 Å². The van der Waals surface area contributed by atoms with Gasteiger partial charge in [-0.05, 0) is 46.1 Å². The molecular weight excluding hydrogens is 448 g/mol. The maximum Gasteiger partial charge on any atom is 0.409 e. The Hall–Kier alpha value is -0.330. The second-order valence-electron chi connectivity index (χ2n) is 6.55. The lowest BCUT2D eigenvalue weighted by atomic mass is 9.95. The highest BCUT2D eigenvalue weighted by molar-refractivity contribution is 7.59. The number of ether oxygens (including phenoxy) is 1. The van der Waals surface area contributed by atoms with Crippen molar-refractivity contribution in [3.8, 4) is 24.7 Å². The molecule has 2 aliphatic rings. The second kappa shape index (κ2) is 17.4. The van der Waals surface area contributed by atoms with Gasteiger partial charge in [0.05, 0.1) is 13.2 Å². The molecule has 0 spiro atoms. The predicted molar refractivity (Wildman–Crippen MR) is 140 cm³/mol. The fourth-order valence-electron chi connectivity index (χ4n) is 3.05. The number of methoxy groups -OCH3 is 1. The first-order valence-corrected chi connectivity index (χ1v) is 8.18. The maximum atomic E-state index is 11.3. The van der Waals surface area contributed by atoms with E-state index in [0.717, 1.165) is 25.8 Å². The standard InChI is InChI=1S/C10H15NO3.C8H13NO.CH4.4H2S/c1-4-10(2,13)8-6-5-7-11(8)9(12)14-3;1-3-8(2,10)7-5-4-6-9-7;;;;;/h1,8,13H,5-7H2,2-3H3;1,7,9-10H,4-6H2,2H3;1H4;4*1H2/t8-,10-;7-,8-;;;;;/m00...../s1. The molecule has 10 heteroatoms. The van der Waals surface area contributed by atoms with E-state index in [4.69, 9.17) is 12.8 Å². The third kappa shape index (κ3) is 11.0. The fraction of sp³-hybridized carbons (Fsp3) is 0.737. The summed E-state index contributed by atoms with van der Waals surface area (Å²) in [7, 11) is 1.32. The molecule has 0 aromatic heterocycles. The summed E-state index contributed by atoms with van der Waals surface area (Å²) in [6, 6.07) is -0.238. The number of rotatable bonds is 2. The third-order valence-electron chi connectivity index (χ3n) is 4.63. The predicted octanol–water partition coefficient (Wildman–Crippen LogP) is 1.81. The minimum Gasteiger partial charge on any atom is -0.453 e. The van der Waals surface area contributed by atoms with E-state index >= 15 is 0 Å². The van der Waals surface area contributed by atoms with Gasteiger partial charge in [-0.1, -0.05) is 19.3 Å². The SMILES string of the molecule is C.C#C[C@](C)(O)[C@@H]1CCCN1.C#C[C@](C)(O)[C@@H]1CCCN1C(=O)OC.S.S.S.S. The number of carbonyl (C=O) groups is 1. The summed E-state index contributed by atoms with van der Waals surface area (Å²) in [4.78, 5) is 12.8. The van der Waals surface area contributed by atoms with Crippen LogP contribution in [0.2, 0.25) is 0 Å². The van der Waals surface area contributed by atoms with E-state index in [9.17, 15) is 15.0 Å². The number of nitrogens with zero attached hydrogens (tertiary/aromatic N) is 1. The van der Waals surface area contributed by atoms with Crippen LogP contribution in [0.15, 0.2) is 0 Å². The van der Waals surface area contributed by atoms with Crippen molar-refractivity contribution < 1.29 is 19.7 Å². The van der Waals surface area contributed by atoms with Crippen LogP contribution in [0, 0.1) is 24.7 Å². The summed E-state index contributed by atoms with van der Waals surface area (Å²) >= 11 is 0. The van der Waals surface area contributed by atoms with Gasteiger partial charge in [-0.3, -0.25) is 0 Å². The number of nitrogens with one attached hydrogen (secondary N) is 1. The largest absolute Gasteiger partial charge is 0.453 e. The van der Waals surface area contributed by atoms with Crippen molar-refractivity contribution in [3.05, 3.63) is 0 Å². The van der Waals surface area contributed by atoms with Crippen LogP contribution in [0.3, 0.4) is 0 Å². The molecule has 2 rings (SSSR count). The molecule has 1 amide bonds. The first-order chi connectivity index (χ1) is 11.2. The van der Waals surface area contributed by atoms with Gasteiger partial charge in [-0.25, -0.2) is 4.79 Å². The Morgan fingerprint density at radius 3 is 1.97 bits per heavy atom. The molecule has 0 unspecified atom stereocenters. The highest BCUT2D eigenvalue weighted by Crippen LogP contribution is 2.27. The maximum absolute atomic E-state index is 11.3. The van der Waals surface area contributed by atoms with E-state index in [1.54, 1.807) is 13.8 Å². The van der Waals surface area contributed by atoms with Gasteiger partial charge in [-0.2, -0.15) is 54.0 Å². The summed E-state index contributed by atoms with van der Waals surface area (Å²) in [6.07, 6.45) is 13.6. The highest BCUT2D eigenvalue weighted by atomic mass is 32.1. The van der Waals surface area contributed by atoms with Gasteiger partial charge in [0, 0.05) is 12.6 Å². The van der Waals surface area contributed by atoms with E-state index in [1.807, 2.05) is 0 Å². The van der Waals surface area contributed by atoms with Gasteiger partial charge in [0.1, 0.15) is 11.2 Å². The molecule has 0 aliphatic carbocycles. The number of hydrogen-bond donors (Lipinski definition) is 3. The van der Waals surface area contributed by atoms with Crippen LogP contribution < -0.4 is 5.32 Å². The Kier molecular flexibility index (Phi) is 23.5. The minimum atomic E-state index is -1.27. The summed E-state index contributed by atoms with van der Waals surface area (Å²) in [5.74, 6) is 4.67. The molecule has 29 heavy (non-hydrogen) atoms. The quantitative estimate of drug-likeness (QED) is 0.517. The van der Waals surface area contributed by atoms with Crippen molar-refractivity contribution in [2.45, 2.75) is 70.2 Å². The van der Waals surface area contributed by atoms with E-state index in [1.165, 1.54) is 12.0 Å². The molecular formula is C19H40N2O4S4. The second-order valence-corrected chi connectivity index (χ2v) is 6.55. The zero-order chi connectivity index (χ0) is 18.4. The van der Waals surface area contributed by atoms with Gasteiger partial charge >= 0.3 is 6.09 Å². The van der Waals surface area contributed by atoms with Crippen LogP contribution in [-0.2, 0) is 4.74 Å². The lowest BCUT2D eigenvalue weighted by Gasteiger charge is -2.31. The number of hydrogen-bond acceptors (Lipinski definition) is 5. The van der Waals surface area contributed by atoms with E-state index < -0.39 is 17.3 Å². The minimum absolute atomic E-state index is 0. The van der Waals surface area contributed by atoms with Crippen LogP contribution in [0.5, 0.6) is 0 Å². The van der Waals surface area contributed by atoms with Gasteiger partial charge in [0.15, 0.2) is 0 Å². The molecule has 4 atom stereocenters. The van der Waals surface area contributed by atoms with Crippen molar-refractivity contribution >= 4 is 60.1 Å². The summed E-state index contributed by atoms with van der Waals surface area (Å²) < 4.78 is 4.61. The number of amides is 1. The average Bonchev–Trinajstić information content (AvgIpc) is 3.26. The lowest BCUT2D eigenvalue weighted by molar-refractivity contribution is 0.0275. The van der Waals surface area contributed by atoms with Gasteiger partial charge in [-0.15, -0.1) is 12.8 Å². The molecule has 0 radical (unpaired) electrons. The van der Waals surface area contributed by atoms with Crippen LogP contribution >= 0.6 is 54.0 Å². The van der Waals surface area contributed by atoms with Crippen molar-refractivity contribution in [2.24, 2.45) is 0 Å². The third-order valence-corrected chi connectivity index (χ3v) is 4.63. The van der Waals surface area contributed by atoms with E-state index in [2.05, 4.69) is 21.9 Å². The van der Waals surface area contributed by atoms with E-state index in [-0.39, 0.29) is 73.5 Å². The molecule has 2 fully saturated rings. The van der Waals surface area contributed by atoms with Gasteiger partial charge in [0.25, 0.3) is 0 Å². The number of carbonyl (C=O) groups excluding carboxylic acids is 1.